The first-order valence-corrected chi connectivity index (χ1v) is 12.1. The topological polar surface area (TPSA) is 96.7 Å². The van der Waals surface area contributed by atoms with E-state index in [1.165, 1.54) is 10.9 Å². The number of aromatic amines is 1. The number of hydrogen-bond donors (Lipinski definition) is 2. The van der Waals surface area contributed by atoms with Crippen LogP contribution in [0.15, 0.2) is 46.2 Å². The van der Waals surface area contributed by atoms with Gasteiger partial charge in [0.2, 0.25) is 5.82 Å². The molecule has 2 unspecified atom stereocenters. The molecule has 9 heteroatoms. The Kier molecular flexibility index (Phi) is 5.66. The van der Waals surface area contributed by atoms with Crippen LogP contribution in [0.5, 0.6) is 0 Å². The van der Waals surface area contributed by atoms with Crippen molar-refractivity contribution in [2.45, 2.75) is 55.4 Å². The number of carbonyl (C=O) groups is 1. The molecule has 2 atom stereocenters. The van der Waals surface area contributed by atoms with E-state index in [0.29, 0.717) is 10.8 Å². The van der Waals surface area contributed by atoms with Gasteiger partial charge in [-0.1, -0.05) is 44.1 Å². The summed E-state index contributed by atoms with van der Waals surface area (Å²) < 4.78 is 2.30. The van der Waals surface area contributed by atoms with Gasteiger partial charge < -0.3 is 9.67 Å². The highest BCUT2D eigenvalue weighted by Crippen LogP contribution is 2.50. The van der Waals surface area contributed by atoms with Crippen molar-refractivity contribution in [2.75, 3.05) is 0 Å². The van der Waals surface area contributed by atoms with Gasteiger partial charge in [-0.15, -0.1) is 10.2 Å². The molecule has 2 N–H and O–H groups in total. The zero-order valence-electron chi connectivity index (χ0n) is 18.5. The summed E-state index contributed by atoms with van der Waals surface area (Å²) in [4.78, 5) is 14.1. The SMILES string of the molecule is CC(C)c1cc(-c2nn[nH]n2)cc2c1c(Sc1ccc(Cl)cc1)c1n2CCC1C(C)C(=O)O. The number of aromatic nitrogens is 5. The molecule has 0 fully saturated rings. The number of tetrazole rings is 1. The van der Waals surface area contributed by atoms with Gasteiger partial charge in [-0.25, -0.2) is 0 Å². The van der Waals surface area contributed by atoms with Gasteiger partial charge in [0.15, 0.2) is 0 Å². The van der Waals surface area contributed by atoms with Crippen LogP contribution in [0, 0.1) is 5.92 Å². The molecule has 0 radical (unpaired) electrons. The average Bonchev–Trinajstić information content (AvgIpc) is 3.52. The zero-order chi connectivity index (χ0) is 23.3. The Bertz CT molecular complexity index is 1330. The fourth-order valence-corrected chi connectivity index (χ4v) is 6.08. The molecular formula is C24H24ClN5O2S. The molecular weight excluding hydrogens is 458 g/mol. The van der Waals surface area contributed by atoms with Gasteiger partial charge in [0.05, 0.1) is 11.4 Å². The summed E-state index contributed by atoms with van der Waals surface area (Å²) in [5.74, 6) is -0.493. The quantitative estimate of drug-likeness (QED) is 0.353. The number of fused-ring (bicyclic) bond motifs is 3. The Morgan fingerprint density at radius 2 is 2.00 bits per heavy atom. The smallest absolute Gasteiger partial charge is 0.306 e. The molecule has 2 aromatic heterocycles. The summed E-state index contributed by atoms with van der Waals surface area (Å²) in [6, 6.07) is 12.0. The van der Waals surface area contributed by atoms with E-state index >= 15 is 0 Å². The first-order chi connectivity index (χ1) is 15.8. The fourth-order valence-electron chi connectivity index (χ4n) is 4.76. The lowest BCUT2D eigenvalue weighted by molar-refractivity contribution is -0.141. The normalized spacial score (nSPS) is 16.5. The number of aliphatic carboxylic acids is 1. The largest absolute Gasteiger partial charge is 0.481 e. The van der Waals surface area contributed by atoms with Gasteiger partial charge in [-0.2, -0.15) is 5.21 Å². The molecule has 1 aliphatic rings. The van der Waals surface area contributed by atoms with Gasteiger partial charge in [0.1, 0.15) is 0 Å². The van der Waals surface area contributed by atoms with Crippen LogP contribution in [-0.4, -0.2) is 36.3 Å². The fraction of sp³-hybridized carbons (Fsp3) is 0.333. The third-order valence-corrected chi connectivity index (χ3v) is 7.83. The van der Waals surface area contributed by atoms with E-state index in [-0.39, 0.29) is 11.8 Å². The second kappa shape index (κ2) is 8.50. The number of nitrogens with one attached hydrogen (secondary N) is 1. The average molecular weight is 482 g/mol. The van der Waals surface area contributed by atoms with Crippen molar-refractivity contribution in [3.05, 3.63) is 52.7 Å². The molecule has 33 heavy (non-hydrogen) atoms. The molecule has 170 valence electrons. The van der Waals surface area contributed by atoms with Gasteiger partial charge in [-0.3, -0.25) is 4.79 Å². The predicted molar refractivity (Wildman–Crippen MR) is 129 cm³/mol. The Balaban J connectivity index is 1.79. The zero-order valence-corrected chi connectivity index (χ0v) is 20.1. The van der Waals surface area contributed by atoms with Crippen LogP contribution in [0.25, 0.3) is 22.3 Å². The number of carboxylic acid groups (broad SMARTS) is 1. The molecule has 0 spiro atoms. The molecule has 2 aromatic carbocycles. The van der Waals surface area contributed by atoms with Crippen molar-refractivity contribution in [1.29, 1.82) is 0 Å². The number of carboxylic acids is 1. The lowest BCUT2D eigenvalue weighted by Gasteiger charge is -2.17. The summed E-state index contributed by atoms with van der Waals surface area (Å²) in [7, 11) is 0. The molecule has 7 nitrogen and oxygen atoms in total. The number of halogens is 1. The molecule has 5 rings (SSSR count). The minimum Gasteiger partial charge on any atom is -0.481 e. The molecule has 3 heterocycles. The van der Waals surface area contributed by atoms with Crippen LogP contribution in [-0.2, 0) is 11.3 Å². The third kappa shape index (κ3) is 3.81. The third-order valence-electron chi connectivity index (χ3n) is 6.46. The molecule has 0 amide bonds. The van der Waals surface area contributed by atoms with Crippen molar-refractivity contribution in [3.63, 3.8) is 0 Å². The second-order valence-electron chi connectivity index (χ2n) is 8.79. The summed E-state index contributed by atoms with van der Waals surface area (Å²) >= 11 is 7.80. The molecule has 0 saturated heterocycles. The number of nitrogens with zero attached hydrogens (tertiary/aromatic N) is 4. The van der Waals surface area contributed by atoms with Crippen LogP contribution < -0.4 is 0 Å². The highest BCUT2D eigenvalue weighted by atomic mass is 35.5. The number of hydrogen-bond acceptors (Lipinski definition) is 5. The number of H-pyrrole nitrogens is 1. The van der Waals surface area contributed by atoms with Gasteiger partial charge in [0, 0.05) is 43.9 Å². The van der Waals surface area contributed by atoms with Crippen molar-refractivity contribution < 1.29 is 9.90 Å². The molecule has 0 bridgehead atoms. The highest BCUT2D eigenvalue weighted by Gasteiger charge is 2.37. The molecule has 1 aliphatic heterocycles. The number of rotatable bonds is 6. The standard InChI is InChI=1S/C24H24ClN5O2S/c1-12(2)18-10-14(23-26-28-29-27-23)11-19-20(18)22(33-16-6-4-15(25)5-7-16)21-17(8-9-30(19)21)13(3)24(31)32/h4-7,10-13,17H,8-9H2,1-3H3,(H,31,32)(H,26,27,28,29). The molecule has 0 aliphatic carbocycles. The first kappa shape index (κ1) is 22.0. The Morgan fingerprint density at radius 1 is 1.24 bits per heavy atom. The predicted octanol–water partition coefficient (Wildman–Crippen LogP) is 5.96. The minimum absolute atomic E-state index is 0.0571. The van der Waals surface area contributed by atoms with E-state index < -0.39 is 11.9 Å². The van der Waals surface area contributed by atoms with Gasteiger partial charge in [-0.05, 0) is 59.5 Å². The van der Waals surface area contributed by atoms with Crippen LogP contribution in [0.1, 0.15) is 50.3 Å². The van der Waals surface area contributed by atoms with Crippen LogP contribution in [0.2, 0.25) is 5.02 Å². The van der Waals surface area contributed by atoms with E-state index in [2.05, 4.69) is 51.2 Å². The summed E-state index contributed by atoms with van der Waals surface area (Å²) in [6.45, 7) is 6.94. The molecule has 4 aromatic rings. The van der Waals surface area contributed by atoms with Crippen molar-refractivity contribution >= 4 is 40.2 Å². The van der Waals surface area contributed by atoms with E-state index in [1.54, 1.807) is 11.8 Å². The summed E-state index contributed by atoms with van der Waals surface area (Å²) in [6.07, 6.45) is 0.802. The van der Waals surface area contributed by atoms with Crippen LogP contribution in [0.3, 0.4) is 0 Å². The van der Waals surface area contributed by atoms with E-state index in [1.807, 2.05) is 31.2 Å². The van der Waals surface area contributed by atoms with Crippen molar-refractivity contribution in [3.8, 4) is 11.4 Å². The van der Waals surface area contributed by atoms with Gasteiger partial charge >= 0.3 is 5.97 Å². The number of aryl methyl sites for hydroxylation is 1. The maximum atomic E-state index is 11.9. The van der Waals surface area contributed by atoms with Crippen molar-refractivity contribution in [1.82, 2.24) is 25.2 Å². The van der Waals surface area contributed by atoms with Crippen LogP contribution >= 0.6 is 23.4 Å². The highest BCUT2D eigenvalue weighted by molar-refractivity contribution is 7.99. The Labute approximate surface area is 200 Å². The van der Waals surface area contributed by atoms with E-state index in [9.17, 15) is 9.90 Å². The maximum absolute atomic E-state index is 11.9. The van der Waals surface area contributed by atoms with Crippen LogP contribution in [0.4, 0.5) is 0 Å². The Hall–Kier alpha value is -2.84. The summed E-state index contributed by atoms with van der Waals surface area (Å²) in [5, 5.41) is 26.3. The lowest BCUT2D eigenvalue weighted by atomic mass is 9.89. The van der Waals surface area contributed by atoms with E-state index in [0.717, 1.165) is 39.5 Å². The van der Waals surface area contributed by atoms with E-state index in [4.69, 9.17) is 11.6 Å². The second-order valence-corrected chi connectivity index (χ2v) is 10.3. The van der Waals surface area contributed by atoms with Crippen molar-refractivity contribution in [2.24, 2.45) is 5.92 Å². The maximum Gasteiger partial charge on any atom is 0.306 e. The van der Waals surface area contributed by atoms with Gasteiger partial charge in [0.25, 0.3) is 0 Å². The molecule has 0 saturated carbocycles. The minimum atomic E-state index is -0.766. The number of benzene rings is 2. The monoisotopic (exact) mass is 481 g/mol. The lowest BCUT2D eigenvalue weighted by Crippen LogP contribution is -2.17. The summed E-state index contributed by atoms with van der Waals surface area (Å²) in [5.41, 5.74) is 4.28. The first-order valence-electron chi connectivity index (χ1n) is 10.9. The Morgan fingerprint density at radius 3 is 2.64 bits per heavy atom.